The molecular weight excluding hydrogens is 228 g/mol. The molecule has 4 heteroatoms. The maximum absolute atomic E-state index is 12.1. The van der Waals surface area contributed by atoms with E-state index in [1.807, 2.05) is 25.7 Å². The van der Waals surface area contributed by atoms with Crippen molar-refractivity contribution < 1.29 is 9.53 Å². The lowest BCUT2D eigenvalue weighted by Gasteiger charge is -2.28. The first-order chi connectivity index (χ1) is 8.44. The molecule has 0 aromatic heterocycles. The van der Waals surface area contributed by atoms with Crippen molar-refractivity contribution in [2.45, 2.75) is 32.8 Å². The largest absolute Gasteiger partial charge is 0.444 e. The number of amides is 1. The van der Waals surface area contributed by atoms with Crippen molar-refractivity contribution in [2.75, 3.05) is 26.2 Å². The van der Waals surface area contributed by atoms with Crippen molar-refractivity contribution in [1.29, 1.82) is 0 Å². The Kier molecular flexibility index (Phi) is 2.81. The molecule has 0 aromatic carbocycles. The number of piperidine rings is 1. The Labute approximate surface area is 109 Å². The van der Waals surface area contributed by atoms with Crippen LogP contribution in [0.15, 0.2) is 0 Å². The second kappa shape index (κ2) is 4.12. The lowest BCUT2D eigenvalue weighted by atomic mass is 9.92. The monoisotopic (exact) mass is 252 g/mol. The average Bonchev–Trinajstić information content (AvgIpc) is 2.79. The maximum atomic E-state index is 12.1. The molecule has 1 amide bonds. The van der Waals surface area contributed by atoms with Crippen molar-refractivity contribution in [3.8, 4) is 0 Å². The van der Waals surface area contributed by atoms with Gasteiger partial charge >= 0.3 is 6.09 Å². The molecular formula is C14H24N2O2. The van der Waals surface area contributed by atoms with Crippen LogP contribution in [0.1, 0.15) is 27.2 Å². The molecule has 0 aromatic rings. The topological polar surface area (TPSA) is 41.6 Å². The Balaban J connectivity index is 1.64. The van der Waals surface area contributed by atoms with Crippen LogP contribution in [0.3, 0.4) is 0 Å². The van der Waals surface area contributed by atoms with Gasteiger partial charge in [-0.15, -0.1) is 0 Å². The standard InChI is InChI=1S/C14H24N2O2/c1-14(2,3)18-13(17)16-7-11-9-4-10(6-15-5-9)12(11)8-16/h9-12,15H,4-8H2,1-3H3. The number of fused-ring (bicyclic) bond motifs is 5. The Bertz CT molecular complexity index is 332. The van der Waals surface area contributed by atoms with Gasteiger partial charge in [0.2, 0.25) is 0 Å². The molecule has 2 aliphatic heterocycles. The van der Waals surface area contributed by atoms with E-state index in [-0.39, 0.29) is 11.7 Å². The molecule has 102 valence electrons. The van der Waals surface area contributed by atoms with Gasteiger partial charge in [0, 0.05) is 13.1 Å². The number of ether oxygens (including phenoxy) is 1. The van der Waals surface area contributed by atoms with Crippen LogP contribution < -0.4 is 5.32 Å². The smallest absolute Gasteiger partial charge is 0.410 e. The summed E-state index contributed by atoms with van der Waals surface area (Å²) in [6.45, 7) is 9.88. The molecule has 3 fully saturated rings. The van der Waals surface area contributed by atoms with E-state index in [2.05, 4.69) is 5.32 Å². The van der Waals surface area contributed by atoms with Crippen LogP contribution in [0.5, 0.6) is 0 Å². The Morgan fingerprint density at radius 2 is 1.72 bits per heavy atom. The van der Waals surface area contributed by atoms with E-state index >= 15 is 0 Å². The van der Waals surface area contributed by atoms with E-state index in [1.54, 1.807) is 0 Å². The summed E-state index contributed by atoms with van der Waals surface area (Å²) in [5, 5.41) is 3.52. The fraction of sp³-hybridized carbons (Fsp3) is 0.929. The van der Waals surface area contributed by atoms with E-state index in [0.29, 0.717) is 11.8 Å². The molecule has 0 radical (unpaired) electrons. The molecule has 1 aliphatic carbocycles. The minimum Gasteiger partial charge on any atom is -0.444 e. The first-order valence-electron chi connectivity index (χ1n) is 7.13. The number of hydrogen-bond donors (Lipinski definition) is 1. The van der Waals surface area contributed by atoms with Gasteiger partial charge in [0.1, 0.15) is 5.60 Å². The number of likely N-dealkylation sites (tertiary alicyclic amines) is 1. The van der Waals surface area contributed by atoms with E-state index in [4.69, 9.17) is 4.74 Å². The van der Waals surface area contributed by atoms with Crippen molar-refractivity contribution in [3.05, 3.63) is 0 Å². The average molecular weight is 252 g/mol. The third-order valence-corrected chi connectivity index (χ3v) is 4.69. The van der Waals surface area contributed by atoms with Crippen LogP contribution in [-0.4, -0.2) is 42.8 Å². The Morgan fingerprint density at radius 1 is 1.17 bits per heavy atom. The van der Waals surface area contributed by atoms with Crippen LogP contribution in [0, 0.1) is 23.7 Å². The minimum atomic E-state index is -0.383. The highest BCUT2D eigenvalue weighted by atomic mass is 16.6. The molecule has 4 atom stereocenters. The quantitative estimate of drug-likeness (QED) is 0.713. The predicted octanol–water partition coefficient (Wildman–Crippen LogP) is 1.71. The second-order valence-corrected chi connectivity index (χ2v) is 7.13. The number of carbonyl (C=O) groups is 1. The summed E-state index contributed by atoms with van der Waals surface area (Å²) in [5.41, 5.74) is -0.383. The fourth-order valence-electron chi connectivity index (χ4n) is 3.99. The fourth-order valence-corrected chi connectivity index (χ4v) is 3.99. The number of nitrogens with one attached hydrogen (secondary N) is 1. The highest BCUT2D eigenvalue weighted by Gasteiger charge is 2.51. The summed E-state index contributed by atoms with van der Waals surface area (Å²) >= 11 is 0. The van der Waals surface area contributed by atoms with Gasteiger partial charge in [-0.3, -0.25) is 0 Å². The Morgan fingerprint density at radius 3 is 2.22 bits per heavy atom. The number of hydrogen-bond acceptors (Lipinski definition) is 3. The van der Waals surface area contributed by atoms with Crippen molar-refractivity contribution in [2.24, 2.45) is 23.7 Å². The molecule has 18 heavy (non-hydrogen) atoms. The zero-order valence-corrected chi connectivity index (χ0v) is 11.6. The van der Waals surface area contributed by atoms with Gasteiger partial charge in [-0.25, -0.2) is 4.79 Å². The molecule has 1 N–H and O–H groups in total. The summed E-state index contributed by atoms with van der Waals surface area (Å²) < 4.78 is 5.48. The molecule has 2 bridgehead atoms. The first kappa shape index (κ1) is 12.3. The van der Waals surface area contributed by atoms with Crippen LogP contribution in [0.4, 0.5) is 4.79 Å². The van der Waals surface area contributed by atoms with Gasteiger partial charge in [-0.2, -0.15) is 0 Å². The second-order valence-electron chi connectivity index (χ2n) is 7.13. The third-order valence-electron chi connectivity index (χ3n) is 4.69. The highest BCUT2D eigenvalue weighted by molar-refractivity contribution is 5.68. The highest BCUT2D eigenvalue weighted by Crippen LogP contribution is 2.47. The van der Waals surface area contributed by atoms with E-state index in [0.717, 1.165) is 38.0 Å². The van der Waals surface area contributed by atoms with E-state index < -0.39 is 0 Å². The van der Waals surface area contributed by atoms with Crippen molar-refractivity contribution in [3.63, 3.8) is 0 Å². The minimum absolute atomic E-state index is 0.122. The van der Waals surface area contributed by atoms with Crippen LogP contribution in [-0.2, 0) is 4.74 Å². The molecule has 2 saturated heterocycles. The van der Waals surface area contributed by atoms with Gasteiger partial charge < -0.3 is 15.0 Å². The molecule has 3 aliphatic rings. The maximum Gasteiger partial charge on any atom is 0.410 e. The zero-order chi connectivity index (χ0) is 12.9. The van der Waals surface area contributed by atoms with Gasteiger partial charge in [-0.05, 0) is 64.0 Å². The molecule has 0 spiro atoms. The normalized spacial score (nSPS) is 38.7. The molecule has 2 heterocycles. The molecule has 4 nitrogen and oxygen atoms in total. The van der Waals surface area contributed by atoms with Gasteiger partial charge in [-0.1, -0.05) is 0 Å². The zero-order valence-electron chi connectivity index (χ0n) is 11.6. The van der Waals surface area contributed by atoms with Gasteiger partial charge in [0.15, 0.2) is 0 Å². The van der Waals surface area contributed by atoms with Crippen LogP contribution in [0.2, 0.25) is 0 Å². The summed E-state index contributed by atoms with van der Waals surface area (Å²) in [6, 6.07) is 0. The van der Waals surface area contributed by atoms with Gasteiger partial charge in [0.25, 0.3) is 0 Å². The SMILES string of the molecule is CC(C)(C)OC(=O)N1CC2C3CNCC(C3)C2C1. The van der Waals surface area contributed by atoms with Crippen LogP contribution in [0.25, 0.3) is 0 Å². The lowest BCUT2D eigenvalue weighted by Crippen LogP contribution is -2.39. The van der Waals surface area contributed by atoms with Crippen molar-refractivity contribution in [1.82, 2.24) is 10.2 Å². The molecule has 1 saturated carbocycles. The predicted molar refractivity (Wildman–Crippen MR) is 69.3 cm³/mol. The molecule has 3 rings (SSSR count). The summed E-state index contributed by atoms with van der Waals surface area (Å²) in [5.74, 6) is 2.97. The molecule has 4 unspecified atom stereocenters. The lowest BCUT2D eigenvalue weighted by molar-refractivity contribution is 0.0269. The summed E-state index contributed by atoms with van der Waals surface area (Å²) in [4.78, 5) is 14.0. The number of carbonyl (C=O) groups excluding carboxylic acids is 1. The van der Waals surface area contributed by atoms with Crippen LogP contribution >= 0.6 is 0 Å². The van der Waals surface area contributed by atoms with Gasteiger partial charge in [0.05, 0.1) is 0 Å². The first-order valence-corrected chi connectivity index (χ1v) is 7.13. The number of nitrogens with zero attached hydrogens (tertiary/aromatic N) is 1. The summed E-state index contributed by atoms with van der Waals surface area (Å²) in [7, 11) is 0. The Hall–Kier alpha value is -0.770. The van der Waals surface area contributed by atoms with E-state index in [9.17, 15) is 4.79 Å². The van der Waals surface area contributed by atoms with Crippen molar-refractivity contribution >= 4 is 6.09 Å². The summed E-state index contributed by atoms with van der Waals surface area (Å²) in [6.07, 6.45) is 1.24. The third kappa shape index (κ3) is 2.11. The van der Waals surface area contributed by atoms with E-state index in [1.165, 1.54) is 6.42 Å². The number of rotatable bonds is 0.